The van der Waals surface area contributed by atoms with Gasteiger partial charge in [0.15, 0.2) is 4.80 Å². The summed E-state index contributed by atoms with van der Waals surface area (Å²) in [6, 6.07) is 0. The summed E-state index contributed by atoms with van der Waals surface area (Å²) < 4.78 is 6.77. The number of nitrogens with zero attached hydrogens (tertiary/aromatic N) is 3. The summed E-state index contributed by atoms with van der Waals surface area (Å²) in [5.74, 6) is 0.383. The van der Waals surface area contributed by atoms with Crippen molar-refractivity contribution < 1.29 is 19.4 Å². The Morgan fingerprint density at radius 1 is 1.50 bits per heavy atom. The highest BCUT2D eigenvalue weighted by molar-refractivity contribution is 7.07. The van der Waals surface area contributed by atoms with Gasteiger partial charge in [0.05, 0.1) is 0 Å². The molecule has 1 fully saturated rings. The first-order chi connectivity index (χ1) is 10.6. The Morgan fingerprint density at radius 2 is 2.23 bits per heavy atom. The second kappa shape index (κ2) is 7.79. The minimum atomic E-state index is -0.859. The van der Waals surface area contributed by atoms with Gasteiger partial charge in [0.2, 0.25) is 0 Å². The number of thiazole rings is 1. The lowest BCUT2D eigenvalue weighted by atomic mass is 9.97. The standard InChI is InChI=1S/C14H19N3O4S/c1-2-8-21-13(18)15-12-17(7-9-22-12)10-11-3-5-16(6-4-11)14(19)20/h2,7,9,11H,1,3-6,8,10H2,(H,19,20). The molecule has 0 atom stereocenters. The molecule has 1 N–H and O–H groups in total. The van der Waals surface area contributed by atoms with Crippen LogP contribution in [0.1, 0.15) is 12.8 Å². The van der Waals surface area contributed by atoms with Gasteiger partial charge in [-0.2, -0.15) is 0 Å². The van der Waals surface area contributed by atoms with Crippen LogP contribution in [-0.2, 0) is 11.3 Å². The number of hydrogen-bond acceptors (Lipinski definition) is 4. The van der Waals surface area contributed by atoms with Crippen molar-refractivity contribution in [1.82, 2.24) is 9.47 Å². The number of hydrogen-bond donors (Lipinski definition) is 1. The summed E-state index contributed by atoms with van der Waals surface area (Å²) >= 11 is 1.37. The van der Waals surface area contributed by atoms with Crippen LogP contribution in [0.5, 0.6) is 0 Å². The van der Waals surface area contributed by atoms with Gasteiger partial charge in [0, 0.05) is 31.2 Å². The molecule has 0 spiro atoms. The third-order valence-electron chi connectivity index (χ3n) is 3.51. The van der Waals surface area contributed by atoms with E-state index in [2.05, 4.69) is 11.6 Å². The van der Waals surface area contributed by atoms with Crippen LogP contribution < -0.4 is 4.80 Å². The predicted molar refractivity (Wildman–Crippen MR) is 81.7 cm³/mol. The fourth-order valence-corrected chi connectivity index (χ4v) is 3.08. The van der Waals surface area contributed by atoms with Crippen LogP contribution in [0, 0.1) is 5.92 Å². The molecule has 0 unspecified atom stereocenters. The third kappa shape index (κ3) is 4.45. The Balaban J connectivity index is 1.96. The molecule has 0 bridgehead atoms. The van der Waals surface area contributed by atoms with Crippen molar-refractivity contribution in [3.63, 3.8) is 0 Å². The van der Waals surface area contributed by atoms with Gasteiger partial charge < -0.3 is 19.3 Å². The molecular formula is C14H19N3O4S. The number of likely N-dealkylation sites (tertiary alicyclic amines) is 1. The van der Waals surface area contributed by atoms with Crippen molar-refractivity contribution >= 4 is 23.5 Å². The van der Waals surface area contributed by atoms with Crippen molar-refractivity contribution in [3.05, 3.63) is 29.0 Å². The molecule has 0 radical (unpaired) electrons. The highest BCUT2D eigenvalue weighted by Crippen LogP contribution is 2.18. The molecule has 1 saturated heterocycles. The van der Waals surface area contributed by atoms with Crippen LogP contribution in [0.25, 0.3) is 0 Å². The zero-order valence-electron chi connectivity index (χ0n) is 12.2. The molecule has 0 saturated carbocycles. The van der Waals surface area contributed by atoms with E-state index in [9.17, 15) is 9.59 Å². The molecular weight excluding hydrogens is 306 g/mol. The summed E-state index contributed by atoms with van der Waals surface area (Å²) in [5.41, 5.74) is 0. The molecule has 8 heteroatoms. The Morgan fingerprint density at radius 3 is 2.86 bits per heavy atom. The summed E-state index contributed by atoms with van der Waals surface area (Å²) in [6.45, 7) is 5.45. The van der Waals surface area contributed by atoms with Crippen molar-refractivity contribution in [3.8, 4) is 0 Å². The largest absolute Gasteiger partial charge is 0.465 e. The number of rotatable bonds is 4. The molecule has 120 valence electrons. The van der Waals surface area contributed by atoms with E-state index in [0.29, 0.717) is 23.8 Å². The summed E-state index contributed by atoms with van der Waals surface area (Å²) in [7, 11) is 0. The quantitative estimate of drug-likeness (QED) is 0.860. The summed E-state index contributed by atoms with van der Waals surface area (Å²) in [6.07, 6.45) is 3.52. The number of carbonyl (C=O) groups excluding carboxylic acids is 1. The van der Waals surface area contributed by atoms with E-state index in [0.717, 1.165) is 19.4 Å². The van der Waals surface area contributed by atoms with Gasteiger partial charge in [0.1, 0.15) is 6.61 Å². The maximum absolute atomic E-state index is 11.5. The average molecular weight is 325 g/mol. The zero-order valence-corrected chi connectivity index (χ0v) is 13.0. The van der Waals surface area contributed by atoms with Crippen LogP contribution in [0.4, 0.5) is 9.59 Å². The van der Waals surface area contributed by atoms with E-state index < -0.39 is 12.2 Å². The molecule has 0 aliphatic carbocycles. The number of amides is 2. The van der Waals surface area contributed by atoms with Gasteiger partial charge >= 0.3 is 12.2 Å². The summed E-state index contributed by atoms with van der Waals surface area (Å²) in [4.78, 5) is 28.4. The van der Waals surface area contributed by atoms with Crippen LogP contribution in [-0.4, -0.2) is 46.5 Å². The van der Waals surface area contributed by atoms with Crippen LogP contribution in [0.3, 0.4) is 0 Å². The average Bonchev–Trinajstić information content (AvgIpc) is 2.92. The first-order valence-corrected chi connectivity index (χ1v) is 7.92. The van der Waals surface area contributed by atoms with E-state index in [1.165, 1.54) is 22.3 Å². The van der Waals surface area contributed by atoms with Crippen molar-refractivity contribution in [2.45, 2.75) is 19.4 Å². The van der Waals surface area contributed by atoms with Gasteiger partial charge in [-0.3, -0.25) is 0 Å². The Hall–Kier alpha value is -2.09. The minimum Gasteiger partial charge on any atom is -0.465 e. The first kappa shape index (κ1) is 16.3. The number of ether oxygens (including phenoxy) is 1. The molecule has 1 aromatic rings. The molecule has 1 aliphatic heterocycles. The van der Waals surface area contributed by atoms with Gasteiger partial charge in [-0.1, -0.05) is 12.7 Å². The molecule has 1 aromatic heterocycles. The Kier molecular flexibility index (Phi) is 5.76. The molecule has 2 amide bonds. The van der Waals surface area contributed by atoms with Gasteiger partial charge in [-0.25, -0.2) is 9.59 Å². The second-order valence-corrected chi connectivity index (χ2v) is 5.90. The molecule has 22 heavy (non-hydrogen) atoms. The van der Waals surface area contributed by atoms with Gasteiger partial charge in [0.25, 0.3) is 0 Å². The second-order valence-electron chi connectivity index (χ2n) is 5.03. The lowest BCUT2D eigenvalue weighted by Crippen LogP contribution is -2.38. The van der Waals surface area contributed by atoms with Crippen LogP contribution in [0.15, 0.2) is 29.2 Å². The van der Waals surface area contributed by atoms with E-state index in [1.807, 2.05) is 16.1 Å². The SMILES string of the molecule is C=CCOC(=O)N=c1sccn1CC1CCN(C(=O)O)CC1. The molecule has 2 rings (SSSR count). The lowest BCUT2D eigenvalue weighted by molar-refractivity contribution is 0.121. The third-order valence-corrected chi connectivity index (χ3v) is 4.31. The normalized spacial score (nSPS) is 16.5. The zero-order chi connectivity index (χ0) is 15.9. The van der Waals surface area contributed by atoms with Gasteiger partial charge in [-0.05, 0) is 18.8 Å². The molecule has 0 aromatic carbocycles. The van der Waals surface area contributed by atoms with E-state index in [4.69, 9.17) is 9.84 Å². The lowest BCUT2D eigenvalue weighted by Gasteiger charge is -2.30. The van der Waals surface area contributed by atoms with E-state index in [-0.39, 0.29) is 6.61 Å². The maximum Gasteiger partial charge on any atom is 0.436 e. The molecule has 2 heterocycles. The maximum atomic E-state index is 11.5. The predicted octanol–water partition coefficient (Wildman–Crippen LogP) is 2.16. The first-order valence-electron chi connectivity index (χ1n) is 7.04. The number of aromatic nitrogens is 1. The molecule has 7 nitrogen and oxygen atoms in total. The minimum absolute atomic E-state index is 0.140. The number of piperidine rings is 1. The van der Waals surface area contributed by atoms with E-state index >= 15 is 0 Å². The number of carboxylic acid groups (broad SMARTS) is 1. The topological polar surface area (TPSA) is 84.1 Å². The Bertz CT molecular complexity index is 599. The fraction of sp³-hybridized carbons (Fsp3) is 0.500. The Labute approximate surface area is 132 Å². The highest BCUT2D eigenvalue weighted by atomic mass is 32.1. The smallest absolute Gasteiger partial charge is 0.436 e. The van der Waals surface area contributed by atoms with E-state index in [1.54, 1.807) is 0 Å². The summed E-state index contributed by atoms with van der Waals surface area (Å²) in [5, 5.41) is 10.8. The van der Waals surface area contributed by atoms with Gasteiger partial charge in [-0.15, -0.1) is 16.3 Å². The number of carbonyl (C=O) groups is 2. The van der Waals surface area contributed by atoms with Crippen molar-refractivity contribution in [1.29, 1.82) is 0 Å². The highest BCUT2D eigenvalue weighted by Gasteiger charge is 2.22. The van der Waals surface area contributed by atoms with Crippen LogP contribution >= 0.6 is 11.3 Å². The van der Waals surface area contributed by atoms with Crippen LogP contribution in [0.2, 0.25) is 0 Å². The monoisotopic (exact) mass is 325 g/mol. The molecule has 1 aliphatic rings. The fourth-order valence-electron chi connectivity index (χ4n) is 2.35. The van der Waals surface area contributed by atoms with Crippen molar-refractivity contribution in [2.24, 2.45) is 10.9 Å². The van der Waals surface area contributed by atoms with Crippen molar-refractivity contribution in [2.75, 3.05) is 19.7 Å².